The van der Waals surface area contributed by atoms with Gasteiger partial charge in [-0.1, -0.05) is 12.1 Å². The third kappa shape index (κ3) is 8.35. The second-order valence-electron chi connectivity index (χ2n) is 6.85. The number of rotatable bonds is 8. The number of halogens is 3. The van der Waals surface area contributed by atoms with Gasteiger partial charge < -0.3 is 25.3 Å². The predicted octanol–water partition coefficient (Wildman–Crippen LogP) is 3.22. The van der Waals surface area contributed by atoms with E-state index in [0.717, 1.165) is 44.2 Å². The summed E-state index contributed by atoms with van der Waals surface area (Å²) < 4.78 is 51.6. The van der Waals surface area contributed by atoms with E-state index >= 15 is 0 Å². The fraction of sp³-hybridized carbons (Fsp3) is 0.381. The first-order chi connectivity index (χ1) is 14.9. The molecule has 0 spiro atoms. The topological polar surface area (TPSA) is 81.3 Å². The van der Waals surface area contributed by atoms with Crippen LogP contribution >= 0.6 is 0 Å². The molecular weight excluding hydrogens is 413 g/mol. The molecule has 0 atom stereocenters. The summed E-state index contributed by atoms with van der Waals surface area (Å²) in [5.74, 6) is 0.592. The second kappa shape index (κ2) is 10.9. The van der Waals surface area contributed by atoms with Crippen molar-refractivity contribution in [3.05, 3.63) is 54.1 Å². The van der Waals surface area contributed by atoms with E-state index in [1.165, 1.54) is 24.3 Å². The lowest BCUT2D eigenvalue weighted by atomic mass is 10.2. The minimum Gasteiger partial charge on any atom is -0.492 e. The number of morpholine rings is 1. The molecule has 10 heteroatoms. The Morgan fingerprint density at radius 1 is 1.10 bits per heavy atom. The Labute approximate surface area is 178 Å². The van der Waals surface area contributed by atoms with Crippen LogP contribution in [0.3, 0.4) is 0 Å². The Hall–Kier alpha value is -2.98. The molecule has 0 bridgehead atoms. The van der Waals surface area contributed by atoms with Crippen molar-refractivity contribution in [2.24, 2.45) is 10.7 Å². The van der Waals surface area contributed by atoms with Gasteiger partial charge in [-0.25, -0.2) is 4.99 Å². The number of ether oxygens (including phenoxy) is 3. The van der Waals surface area contributed by atoms with Crippen molar-refractivity contribution in [2.45, 2.75) is 12.9 Å². The lowest BCUT2D eigenvalue weighted by Crippen LogP contribution is -2.38. The Bertz CT molecular complexity index is 854. The van der Waals surface area contributed by atoms with Gasteiger partial charge in [0.15, 0.2) is 5.96 Å². The van der Waals surface area contributed by atoms with Crippen LogP contribution in [0.4, 0.5) is 18.9 Å². The lowest BCUT2D eigenvalue weighted by Gasteiger charge is -2.26. The van der Waals surface area contributed by atoms with Gasteiger partial charge in [0.2, 0.25) is 0 Å². The maximum absolute atomic E-state index is 12.2. The maximum atomic E-state index is 12.2. The second-order valence-corrected chi connectivity index (χ2v) is 6.85. The molecule has 0 unspecified atom stereocenters. The molecule has 0 aliphatic carbocycles. The predicted molar refractivity (Wildman–Crippen MR) is 111 cm³/mol. The summed E-state index contributed by atoms with van der Waals surface area (Å²) in [4.78, 5) is 6.56. The monoisotopic (exact) mass is 438 g/mol. The van der Waals surface area contributed by atoms with Gasteiger partial charge in [-0.15, -0.1) is 13.2 Å². The van der Waals surface area contributed by atoms with Crippen LogP contribution in [0.5, 0.6) is 11.5 Å². The molecule has 168 valence electrons. The SMILES string of the molecule is NC(=NCc1cccc(OCCN2CCOCC2)c1)Nc1ccc(OC(F)(F)F)cc1. The van der Waals surface area contributed by atoms with Crippen molar-refractivity contribution >= 4 is 11.6 Å². The maximum Gasteiger partial charge on any atom is 0.573 e. The van der Waals surface area contributed by atoms with Crippen molar-refractivity contribution in [3.63, 3.8) is 0 Å². The van der Waals surface area contributed by atoms with Gasteiger partial charge in [0.25, 0.3) is 0 Å². The summed E-state index contributed by atoms with van der Waals surface area (Å²) in [7, 11) is 0. The molecular formula is C21H25F3N4O3. The highest BCUT2D eigenvalue weighted by molar-refractivity contribution is 5.92. The lowest BCUT2D eigenvalue weighted by molar-refractivity contribution is -0.274. The first-order valence-corrected chi connectivity index (χ1v) is 9.82. The van der Waals surface area contributed by atoms with Crippen LogP contribution < -0.4 is 20.5 Å². The van der Waals surface area contributed by atoms with Crippen LogP contribution in [0.2, 0.25) is 0 Å². The number of nitrogens with zero attached hydrogens (tertiary/aromatic N) is 2. The zero-order chi connectivity index (χ0) is 22.1. The summed E-state index contributed by atoms with van der Waals surface area (Å²) in [6.45, 7) is 5.11. The largest absolute Gasteiger partial charge is 0.573 e. The van der Waals surface area contributed by atoms with Crippen molar-refractivity contribution in [2.75, 3.05) is 44.8 Å². The summed E-state index contributed by atoms with van der Waals surface area (Å²) >= 11 is 0. The average molecular weight is 438 g/mol. The Morgan fingerprint density at radius 3 is 2.55 bits per heavy atom. The molecule has 2 aromatic carbocycles. The van der Waals surface area contributed by atoms with Gasteiger partial charge in [-0.3, -0.25) is 4.90 Å². The molecule has 7 nitrogen and oxygen atoms in total. The normalized spacial score (nSPS) is 15.5. The molecule has 0 saturated carbocycles. The molecule has 1 heterocycles. The first kappa shape index (κ1) is 22.7. The number of guanidine groups is 1. The molecule has 31 heavy (non-hydrogen) atoms. The van der Waals surface area contributed by atoms with Crippen molar-refractivity contribution < 1.29 is 27.4 Å². The first-order valence-electron chi connectivity index (χ1n) is 9.82. The van der Waals surface area contributed by atoms with Crippen LogP contribution in [0.15, 0.2) is 53.5 Å². The summed E-state index contributed by atoms with van der Waals surface area (Å²) in [5.41, 5.74) is 7.29. The number of nitrogens with one attached hydrogen (secondary N) is 1. The fourth-order valence-corrected chi connectivity index (χ4v) is 2.95. The number of alkyl halides is 3. The quantitative estimate of drug-likeness (QED) is 0.487. The molecule has 0 radical (unpaired) electrons. The van der Waals surface area contributed by atoms with E-state index in [9.17, 15) is 13.2 Å². The highest BCUT2D eigenvalue weighted by atomic mass is 19.4. The van der Waals surface area contributed by atoms with Gasteiger partial charge in [-0.05, 0) is 42.0 Å². The Kier molecular flexibility index (Phi) is 7.96. The van der Waals surface area contributed by atoms with Gasteiger partial charge in [-0.2, -0.15) is 0 Å². The Morgan fingerprint density at radius 2 is 1.84 bits per heavy atom. The third-order valence-corrected chi connectivity index (χ3v) is 4.47. The van der Waals surface area contributed by atoms with Crippen LogP contribution in [0.1, 0.15) is 5.56 Å². The van der Waals surface area contributed by atoms with Gasteiger partial charge in [0.1, 0.15) is 18.1 Å². The third-order valence-electron chi connectivity index (χ3n) is 4.47. The molecule has 3 rings (SSSR count). The van der Waals surface area contributed by atoms with Crippen LogP contribution in [0, 0.1) is 0 Å². The molecule has 1 saturated heterocycles. The van der Waals surface area contributed by atoms with E-state index in [2.05, 4.69) is 19.9 Å². The molecule has 1 aliphatic rings. The average Bonchev–Trinajstić information content (AvgIpc) is 2.74. The fourth-order valence-electron chi connectivity index (χ4n) is 2.95. The highest BCUT2D eigenvalue weighted by Gasteiger charge is 2.30. The van der Waals surface area contributed by atoms with Crippen molar-refractivity contribution in [3.8, 4) is 11.5 Å². The minimum atomic E-state index is -4.73. The number of nitrogens with two attached hydrogens (primary N) is 1. The van der Waals surface area contributed by atoms with Gasteiger partial charge in [0, 0.05) is 25.3 Å². The van der Waals surface area contributed by atoms with Crippen LogP contribution in [-0.4, -0.2) is 56.7 Å². The molecule has 1 fully saturated rings. The Balaban J connectivity index is 1.46. The van der Waals surface area contributed by atoms with Crippen LogP contribution in [0.25, 0.3) is 0 Å². The van der Waals surface area contributed by atoms with Crippen molar-refractivity contribution in [1.29, 1.82) is 0 Å². The zero-order valence-electron chi connectivity index (χ0n) is 16.9. The molecule has 2 aromatic rings. The number of hydrogen-bond acceptors (Lipinski definition) is 5. The van der Waals surface area contributed by atoms with E-state index < -0.39 is 6.36 Å². The summed E-state index contributed by atoms with van der Waals surface area (Å²) in [6.07, 6.45) is -4.73. The van der Waals surface area contributed by atoms with E-state index in [4.69, 9.17) is 15.2 Å². The number of hydrogen-bond donors (Lipinski definition) is 2. The van der Waals surface area contributed by atoms with E-state index in [-0.39, 0.29) is 11.7 Å². The summed E-state index contributed by atoms with van der Waals surface area (Å²) in [5, 5.41) is 2.83. The highest BCUT2D eigenvalue weighted by Crippen LogP contribution is 2.24. The summed E-state index contributed by atoms with van der Waals surface area (Å²) in [6, 6.07) is 12.8. The molecule has 1 aliphatic heterocycles. The zero-order valence-corrected chi connectivity index (χ0v) is 16.9. The van der Waals surface area contributed by atoms with Gasteiger partial charge in [0.05, 0.1) is 19.8 Å². The molecule has 0 aromatic heterocycles. The molecule has 0 amide bonds. The van der Waals surface area contributed by atoms with E-state index in [1.54, 1.807) is 0 Å². The standard InChI is InChI=1S/C21H25F3N4O3/c22-21(23,24)31-18-6-4-17(5-7-18)27-20(25)26-15-16-2-1-3-19(14-16)30-13-10-28-8-11-29-12-9-28/h1-7,14H,8-13,15H2,(H3,25,26,27). The van der Waals surface area contributed by atoms with E-state index in [0.29, 0.717) is 18.8 Å². The minimum absolute atomic E-state index is 0.142. The van der Waals surface area contributed by atoms with E-state index in [1.807, 2.05) is 24.3 Å². The van der Waals surface area contributed by atoms with Crippen molar-refractivity contribution in [1.82, 2.24) is 4.90 Å². The number of anilines is 1. The van der Waals surface area contributed by atoms with Crippen LogP contribution in [-0.2, 0) is 11.3 Å². The number of aliphatic imine (C=N–C) groups is 1. The smallest absolute Gasteiger partial charge is 0.492 e. The molecule has 3 N–H and O–H groups in total. The van der Waals surface area contributed by atoms with Gasteiger partial charge >= 0.3 is 6.36 Å². The number of benzene rings is 2.